The predicted octanol–water partition coefficient (Wildman–Crippen LogP) is 1.32. The lowest BCUT2D eigenvalue weighted by molar-refractivity contribution is 0.0523. The summed E-state index contributed by atoms with van der Waals surface area (Å²) in [6.45, 7) is 7.35. The quantitative estimate of drug-likeness (QED) is 0.786. The van der Waals surface area contributed by atoms with E-state index in [1.165, 1.54) is 25.8 Å². The van der Waals surface area contributed by atoms with Gasteiger partial charge in [-0.05, 0) is 53.1 Å². The summed E-state index contributed by atoms with van der Waals surface area (Å²) >= 11 is 0. The minimum absolute atomic E-state index is 0.297. The van der Waals surface area contributed by atoms with Gasteiger partial charge in [0.2, 0.25) is 0 Å². The second-order valence-corrected chi connectivity index (χ2v) is 6.13. The lowest BCUT2D eigenvalue weighted by Crippen LogP contribution is -2.52. The average molecular weight is 226 g/mol. The lowest BCUT2D eigenvalue weighted by atomic mass is 9.96. The van der Waals surface area contributed by atoms with Crippen LogP contribution < -0.4 is 0 Å². The molecule has 0 bridgehead atoms. The van der Waals surface area contributed by atoms with E-state index in [9.17, 15) is 5.11 Å². The number of aliphatic hydroxyl groups is 1. The van der Waals surface area contributed by atoms with Crippen LogP contribution in [-0.2, 0) is 0 Å². The zero-order valence-corrected chi connectivity index (χ0v) is 10.9. The van der Waals surface area contributed by atoms with Gasteiger partial charge in [-0.1, -0.05) is 0 Å². The van der Waals surface area contributed by atoms with Crippen LogP contribution in [0, 0.1) is 0 Å². The second kappa shape index (κ2) is 4.63. The molecule has 1 saturated carbocycles. The maximum atomic E-state index is 9.24. The Balaban J connectivity index is 2.15. The Bertz CT molecular complexity index is 238. The largest absolute Gasteiger partial charge is 0.396 e. The fraction of sp³-hybridized carbons (Fsp3) is 1.00. The summed E-state index contributed by atoms with van der Waals surface area (Å²) in [6.07, 6.45) is 4.87. The van der Waals surface area contributed by atoms with Crippen molar-refractivity contribution < 1.29 is 5.11 Å². The highest BCUT2D eigenvalue weighted by Gasteiger charge is 2.43. The molecule has 0 aromatic heterocycles. The number of nitrogens with zero attached hydrogens (tertiary/aromatic N) is 2. The van der Waals surface area contributed by atoms with Crippen molar-refractivity contribution in [2.75, 3.05) is 26.7 Å². The van der Waals surface area contributed by atoms with Crippen molar-refractivity contribution in [3.63, 3.8) is 0 Å². The lowest BCUT2D eigenvalue weighted by Gasteiger charge is -2.42. The summed E-state index contributed by atoms with van der Waals surface area (Å²) in [5, 5.41) is 9.24. The molecule has 1 unspecified atom stereocenters. The molecule has 3 heteroatoms. The van der Waals surface area contributed by atoms with Crippen LogP contribution in [0.15, 0.2) is 0 Å². The summed E-state index contributed by atoms with van der Waals surface area (Å²) in [4.78, 5) is 5.12. The number of rotatable bonds is 3. The van der Waals surface area contributed by atoms with Gasteiger partial charge in [0.15, 0.2) is 0 Å². The van der Waals surface area contributed by atoms with E-state index in [0.29, 0.717) is 18.2 Å². The smallest absolute Gasteiger partial charge is 0.0446 e. The van der Waals surface area contributed by atoms with Crippen LogP contribution in [0.2, 0.25) is 0 Å². The Morgan fingerprint density at radius 3 is 2.56 bits per heavy atom. The average Bonchev–Trinajstić information content (AvgIpc) is 2.98. The Morgan fingerprint density at radius 2 is 2.00 bits per heavy atom. The molecule has 2 rings (SSSR count). The van der Waals surface area contributed by atoms with Gasteiger partial charge in [-0.3, -0.25) is 4.90 Å². The molecule has 94 valence electrons. The molecule has 16 heavy (non-hydrogen) atoms. The van der Waals surface area contributed by atoms with Crippen LogP contribution in [0.1, 0.15) is 39.5 Å². The van der Waals surface area contributed by atoms with Crippen molar-refractivity contribution in [2.45, 2.75) is 57.2 Å². The van der Waals surface area contributed by atoms with E-state index < -0.39 is 0 Å². The minimum Gasteiger partial charge on any atom is -0.396 e. The molecule has 0 aromatic carbocycles. The summed E-state index contributed by atoms with van der Waals surface area (Å²) in [5.74, 6) is 0. The molecule has 1 saturated heterocycles. The zero-order chi connectivity index (χ0) is 11.8. The van der Waals surface area contributed by atoms with Crippen molar-refractivity contribution in [1.29, 1.82) is 0 Å². The Kier molecular flexibility index (Phi) is 3.57. The maximum Gasteiger partial charge on any atom is 0.0446 e. The molecule has 3 nitrogen and oxygen atoms in total. The van der Waals surface area contributed by atoms with E-state index in [-0.39, 0.29) is 0 Å². The molecule has 0 spiro atoms. The van der Waals surface area contributed by atoms with Crippen LogP contribution in [0.5, 0.6) is 0 Å². The molecule has 2 fully saturated rings. The van der Waals surface area contributed by atoms with Crippen LogP contribution >= 0.6 is 0 Å². The topological polar surface area (TPSA) is 26.7 Å². The third kappa shape index (κ3) is 2.58. The first-order valence-electron chi connectivity index (χ1n) is 6.62. The molecular formula is C13H26N2O. The van der Waals surface area contributed by atoms with Gasteiger partial charge in [-0.2, -0.15) is 0 Å². The van der Waals surface area contributed by atoms with Crippen molar-refractivity contribution in [3.8, 4) is 0 Å². The predicted molar refractivity (Wildman–Crippen MR) is 66.5 cm³/mol. The first kappa shape index (κ1) is 12.3. The van der Waals surface area contributed by atoms with Gasteiger partial charge in [-0.25, -0.2) is 0 Å². The normalized spacial score (nSPS) is 32.6. The first-order chi connectivity index (χ1) is 7.54. The number of likely N-dealkylation sites (N-methyl/N-ethyl adjacent to an activating group) is 1. The molecule has 0 aromatic rings. The zero-order valence-electron chi connectivity index (χ0n) is 10.9. The summed E-state index contributed by atoms with van der Waals surface area (Å²) in [5.41, 5.74) is 0.297. The fourth-order valence-corrected chi connectivity index (χ4v) is 3.15. The van der Waals surface area contributed by atoms with Gasteiger partial charge in [-0.15, -0.1) is 0 Å². The highest BCUT2D eigenvalue weighted by Crippen LogP contribution is 2.38. The fourth-order valence-electron chi connectivity index (χ4n) is 3.15. The standard InChI is InChI=1S/C13H26N2O/c1-13(2)7-8-14(3)10-12(6-9-16)15(13)11-4-5-11/h11-12,16H,4-10H2,1-3H3. The van der Waals surface area contributed by atoms with Crippen molar-refractivity contribution in [2.24, 2.45) is 0 Å². The van der Waals surface area contributed by atoms with E-state index in [4.69, 9.17) is 0 Å². The Labute approximate surface area is 99.4 Å². The van der Waals surface area contributed by atoms with Gasteiger partial charge in [0.1, 0.15) is 0 Å². The molecule has 1 aliphatic carbocycles. The third-order valence-electron chi connectivity index (χ3n) is 4.12. The minimum atomic E-state index is 0.297. The van der Waals surface area contributed by atoms with E-state index in [0.717, 1.165) is 19.0 Å². The van der Waals surface area contributed by atoms with Gasteiger partial charge in [0.05, 0.1) is 0 Å². The monoisotopic (exact) mass is 226 g/mol. The molecule has 1 aliphatic heterocycles. The summed E-state index contributed by atoms with van der Waals surface area (Å²) < 4.78 is 0. The van der Waals surface area contributed by atoms with Crippen LogP contribution in [0.4, 0.5) is 0 Å². The summed E-state index contributed by atoms with van der Waals surface area (Å²) in [7, 11) is 2.21. The number of hydrogen-bond donors (Lipinski definition) is 1. The molecule has 2 aliphatic rings. The van der Waals surface area contributed by atoms with E-state index in [2.05, 4.69) is 30.7 Å². The molecule has 1 atom stereocenters. The molecular weight excluding hydrogens is 200 g/mol. The number of aliphatic hydroxyl groups excluding tert-OH is 1. The molecule has 0 radical (unpaired) electrons. The van der Waals surface area contributed by atoms with E-state index in [1.807, 2.05) is 0 Å². The van der Waals surface area contributed by atoms with Crippen molar-refractivity contribution >= 4 is 0 Å². The highest BCUT2D eigenvalue weighted by atomic mass is 16.3. The highest BCUT2D eigenvalue weighted by molar-refractivity contribution is 4.99. The molecule has 1 N–H and O–H groups in total. The molecule has 1 heterocycles. The van der Waals surface area contributed by atoms with Crippen LogP contribution in [0.3, 0.4) is 0 Å². The third-order valence-corrected chi connectivity index (χ3v) is 4.12. The van der Waals surface area contributed by atoms with Crippen LogP contribution in [0.25, 0.3) is 0 Å². The first-order valence-corrected chi connectivity index (χ1v) is 6.62. The van der Waals surface area contributed by atoms with Gasteiger partial charge in [0.25, 0.3) is 0 Å². The SMILES string of the molecule is CN1CCC(C)(C)N(C2CC2)C(CCO)C1. The second-order valence-electron chi connectivity index (χ2n) is 6.13. The maximum absolute atomic E-state index is 9.24. The van der Waals surface area contributed by atoms with Gasteiger partial charge < -0.3 is 10.0 Å². The Morgan fingerprint density at radius 1 is 1.31 bits per heavy atom. The van der Waals surface area contributed by atoms with Gasteiger partial charge >= 0.3 is 0 Å². The van der Waals surface area contributed by atoms with Crippen LogP contribution in [-0.4, -0.2) is 59.3 Å². The van der Waals surface area contributed by atoms with E-state index >= 15 is 0 Å². The summed E-state index contributed by atoms with van der Waals surface area (Å²) in [6, 6.07) is 1.33. The van der Waals surface area contributed by atoms with Crippen molar-refractivity contribution in [1.82, 2.24) is 9.80 Å². The number of hydrogen-bond acceptors (Lipinski definition) is 3. The van der Waals surface area contributed by atoms with Crippen molar-refractivity contribution in [3.05, 3.63) is 0 Å². The van der Waals surface area contributed by atoms with E-state index in [1.54, 1.807) is 0 Å². The Hall–Kier alpha value is -0.120. The molecule has 0 amide bonds. The van der Waals surface area contributed by atoms with Gasteiger partial charge in [0, 0.05) is 30.8 Å².